The molecule has 0 bridgehead atoms. The second-order valence-corrected chi connectivity index (χ2v) is 5.84. The third kappa shape index (κ3) is 6.61. The van der Waals surface area contributed by atoms with Crippen molar-refractivity contribution in [2.45, 2.75) is 13.0 Å². The molecule has 2 amide bonds. The molecule has 0 saturated heterocycles. The number of carbonyl (C=O) groups is 2. The molecule has 1 atom stereocenters. The maximum atomic E-state index is 11.9. The molecule has 0 heterocycles. The van der Waals surface area contributed by atoms with Gasteiger partial charge in [0, 0.05) is 6.07 Å². The first-order chi connectivity index (χ1) is 13.9. The Labute approximate surface area is 166 Å². The fraction of sp³-hybridized carbons (Fsp3) is 0.211. The lowest BCUT2D eigenvalue weighted by molar-refractivity contribution is -0.384. The molecule has 2 rings (SSSR count). The van der Waals surface area contributed by atoms with Crippen molar-refractivity contribution in [1.82, 2.24) is 5.32 Å². The summed E-state index contributed by atoms with van der Waals surface area (Å²) in [5.74, 6) is -0.928. The molecular weight excluding hydrogens is 380 g/mol. The van der Waals surface area contributed by atoms with Crippen LogP contribution < -0.4 is 15.4 Å². The summed E-state index contributed by atoms with van der Waals surface area (Å²) in [5, 5.41) is 19.4. The number of nitro benzene ring substituents is 1. The highest BCUT2D eigenvalue weighted by molar-refractivity contribution is 6.31. The molecule has 0 aliphatic heterocycles. The number of ether oxygens (including phenoxy) is 1. The van der Waals surface area contributed by atoms with Crippen molar-refractivity contribution in [2.75, 3.05) is 19.0 Å². The second kappa shape index (κ2) is 10.4. The van der Waals surface area contributed by atoms with Gasteiger partial charge in [-0.05, 0) is 18.6 Å². The number of hydrogen-bond donors (Lipinski definition) is 2. The van der Waals surface area contributed by atoms with Crippen LogP contribution in [0.3, 0.4) is 0 Å². The topological polar surface area (TPSA) is 132 Å². The third-order valence-corrected chi connectivity index (χ3v) is 3.77. The van der Waals surface area contributed by atoms with E-state index < -0.39 is 16.7 Å². The smallest absolute Gasteiger partial charge is 0.273 e. The summed E-state index contributed by atoms with van der Waals surface area (Å²) in [6.45, 7) is 1.48. The normalized spacial score (nSPS) is 11.5. The van der Waals surface area contributed by atoms with Crippen molar-refractivity contribution in [1.29, 1.82) is 0 Å². The van der Waals surface area contributed by atoms with Crippen LogP contribution in [0.5, 0.6) is 5.75 Å². The first kappa shape index (κ1) is 21.4. The number of amides is 2. The van der Waals surface area contributed by atoms with Crippen LogP contribution in [0.25, 0.3) is 0 Å². The van der Waals surface area contributed by atoms with Gasteiger partial charge in [-0.15, -0.1) is 0 Å². The maximum Gasteiger partial charge on any atom is 0.273 e. The Balaban J connectivity index is 1.81. The molecule has 152 valence electrons. The Kier molecular flexibility index (Phi) is 7.66. The van der Waals surface area contributed by atoms with Crippen LogP contribution in [-0.4, -0.2) is 36.7 Å². The van der Waals surface area contributed by atoms with Crippen LogP contribution >= 0.6 is 0 Å². The number of methoxy groups -OCH3 is 1. The number of oxime groups is 1. The van der Waals surface area contributed by atoms with E-state index in [1.807, 2.05) is 37.3 Å². The largest absolute Gasteiger partial charge is 0.494 e. The van der Waals surface area contributed by atoms with Crippen molar-refractivity contribution >= 4 is 29.4 Å². The molecule has 0 aliphatic carbocycles. The maximum absolute atomic E-state index is 11.9. The number of nitrogens with zero attached hydrogens (tertiary/aromatic N) is 2. The monoisotopic (exact) mass is 400 g/mol. The Morgan fingerprint density at radius 3 is 2.62 bits per heavy atom. The molecule has 2 aromatic carbocycles. The molecule has 0 saturated carbocycles. The lowest BCUT2D eigenvalue weighted by atomic mass is 10.1. The lowest BCUT2D eigenvalue weighted by Gasteiger charge is -2.13. The molecule has 0 radical (unpaired) electrons. The first-order valence-corrected chi connectivity index (χ1v) is 8.53. The molecule has 0 aromatic heterocycles. The minimum Gasteiger partial charge on any atom is -0.494 e. The first-order valence-electron chi connectivity index (χ1n) is 8.53. The van der Waals surface area contributed by atoms with Crippen molar-refractivity contribution in [3.63, 3.8) is 0 Å². The number of nitro groups is 1. The van der Waals surface area contributed by atoms with Gasteiger partial charge in [-0.1, -0.05) is 35.5 Å². The van der Waals surface area contributed by atoms with E-state index in [1.54, 1.807) is 0 Å². The van der Waals surface area contributed by atoms with Crippen LogP contribution in [0.2, 0.25) is 0 Å². The molecule has 29 heavy (non-hydrogen) atoms. The van der Waals surface area contributed by atoms with Gasteiger partial charge in [0.1, 0.15) is 12.0 Å². The number of hydrogen-bond acceptors (Lipinski definition) is 7. The van der Waals surface area contributed by atoms with Crippen molar-refractivity contribution in [3.05, 3.63) is 64.2 Å². The van der Waals surface area contributed by atoms with Gasteiger partial charge in [0.25, 0.3) is 17.5 Å². The van der Waals surface area contributed by atoms with E-state index in [0.29, 0.717) is 0 Å². The summed E-state index contributed by atoms with van der Waals surface area (Å²) in [4.78, 5) is 38.7. The van der Waals surface area contributed by atoms with Gasteiger partial charge in [0.2, 0.25) is 0 Å². The summed E-state index contributed by atoms with van der Waals surface area (Å²) in [7, 11) is 1.32. The number of non-ortho nitro benzene ring substituents is 1. The van der Waals surface area contributed by atoms with E-state index in [2.05, 4.69) is 15.8 Å². The number of anilines is 1. The zero-order chi connectivity index (χ0) is 21.2. The van der Waals surface area contributed by atoms with E-state index in [4.69, 9.17) is 9.57 Å². The fourth-order valence-electron chi connectivity index (χ4n) is 2.35. The predicted molar refractivity (Wildman–Crippen MR) is 106 cm³/mol. The number of carbonyl (C=O) groups excluding carboxylic acids is 2. The molecule has 2 N–H and O–H groups in total. The Hall–Kier alpha value is -3.95. The minimum absolute atomic E-state index is 0.121. The van der Waals surface area contributed by atoms with Crippen LogP contribution in [-0.2, 0) is 14.4 Å². The van der Waals surface area contributed by atoms with Crippen molar-refractivity contribution in [2.24, 2.45) is 5.16 Å². The Bertz CT molecular complexity index is 901. The van der Waals surface area contributed by atoms with E-state index in [-0.39, 0.29) is 29.8 Å². The van der Waals surface area contributed by atoms with Gasteiger partial charge in [0.15, 0.2) is 6.61 Å². The van der Waals surface area contributed by atoms with Crippen LogP contribution in [0.15, 0.2) is 53.7 Å². The van der Waals surface area contributed by atoms with Gasteiger partial charge in [0.05, 0.1) is 29.8 Å². The van der Waals surface area contributed by atoms with Gasteiger partial charge < -0.3 is 20.2 Å². The van der Waals surface area contributed by atoms with Crippen LogP contribution in [0, 0.1) is 10.1 Å². The summed E-state index contributed by atoms with van der Waals surface area (Å²) in [6, 6.07) is 12.9. The molecule has 10 nitrogen and oxygen atoms in total. The number of rotatable bonds is 9. The molecule has 0 aliphatic rings. The molecule has 0 fully saturated rings. The molecule has 2 aromatic rings. The highest BCUT2D eigenvalue weighted by Crippen LogP contribution is 2.28. The van der Waals surface area contributed by atoms with Crippen LogP contribution in [0.1, 0.15) is 18.5 Å². The van der Waals surface area contributed by atoms with Crippen molar-refractivity contribution in [3.8, 4) is 5.75 Å². The molecule has 0 spiro atoms. The highest BCUT2D eigenvalue weighted by atomic mass is 16.6. The third-order valence-electron chi connectivity index (χ3n) is 3.77. The van der Waals surface area contributed by atoms with Gasteiger partial charge in [-0.25, -0.2) is 0 Å². The zero-order valence-corrected chi connectivity index (χ0v) is 15.8. The van der Waals surface area contributed by atoms with E-state index in [1.165, 1.54) is 25.3 Å². The average molecular weight is 400 g/mol. The zero-order valence-electron chi connectivity index (χ0n) is 15.8. The Morgan fingerprint density at radius 1 is 1.24 bits per heavy atom. The summed E-state index contributed by atoms with van der Waals surface area (Å²) >= 11 is 0. The predicted octanol–water partition coefficient (Wildman–Crippen LogP) is 2.42. The van der Waals surface area contributed by atoms with E-state index >= 15 is 0 Å². The van der Waals surface area contributed by atoms with E-state index in [9.17, 15) is 19.7 Å². The van der Waals surface area contributed by atoms with Crippen LogP contribution in [0.4, 0.5) is 11.4 Å². The highest BCUT2D eigenvalue weighted by Gasteiger charge is 2.13. The van der Waals surface area contributed by atoms with Gasteiger partial charge >= 0.3 is 0 Å². The standard InChI is InChI=1S/C19H20N4O6/c1-13(14-6-4-3-5-7-14)21-19(25)12-29-20-11-18(24)22-16-9-8-15(23(26)27)10-17(16)28-2/h3-11,13H,12H2,1-2H3,(H,21,25)(H,22,24)/b20-11-/t13-/m1/s1. The average Bonchev–Trinajstić information content (AvgIpc) is 2.72. The fourth-order valence-corrected chi connectivity index (χ4v) is 2.35. The minimum atomic E-state index is -0.657. The van der Waals surface area contributed by atoms with Gasteiger partial charge in [-0.3, -0.25) is 19.7 Å². The van der Waals surface area contributed by atoms with Gasteiger partial charge in [-0.2, -0.15) is 0 Å². The number of benzene rings is 2. The number of nitrogens with one attached hydrogen (secondary N) is 2. The Morgan fingerprint density at radius 2 is 1.97 bits per heavy atom. The SMILES string of the molecule is COc1cc([N+](=O)[O-])ccc1NC(=O)/C=N\OCC(=O)N[C@H](C)c1ccccc1. The summed E-state index contributed by atoms with van der Waals surface area (Å²) < 4.78 is 5.02. The lowest BCUT2D eigenvalue weighted by Crippen LogP contribution is -2.29. The summed E-state index contributed by atoms with van der Waals surface area (Å²) in [5.41, 5.74) is 0.998. The van der Waals surface area contributed by atoms with E-state index in [0.717, 1.165) is 11.8 Å². The summed E-state index contributed by atoms with van der Waals surface area (Å²) in [6.07, 6.45) is 0.842. The van der Waals surface area contributed by atoms with Crippen molar-refractivity contribution < 1.29 is 24.1 Å². The molecule has 10 heteroatoms. The second-order valence-electron chi connectivity index (χ2n) is 5.84. The molecule has 0 unspecified atom stereocenters. The quantitative estimate of drug-likeness (QED) is 0.377. The molecular formula is C19H20N4O6.